The molecule has 0 spiro atoms. The highest BCUT2D eigenvalue weighted by atomic mass is 32.2. The fourth-order valence-corrected chi connectivity index (χ4v) is 4.29. The summed E-state index contributed by atoms with van der Waals surface area (Å²) in [4.78, 5) is 24.9. The summed E-state index contributed by atoms with van der Waals surface area (Å²) in [6.45, 7) is 2.25. The van der Waals surface area contributed by atoms with E-state index in [4.69, 9.17) is 4.74 Å². The van der Waals surface area contributed by atoms with Crippen LogP contribution in [0.1, 0.15) is 12.5 Å². The van der Waals surface area contributed by atoms with E-state index in [1.807, 2.05) is 0 Å². The maximum absolute atomic E-state index is 12.7. The summed E-state index contributed by atoms with van der Waals surface area (Å²) in [5.41, 5.74) is 2.12. The minimum atomic E-state index is -3.85. The highest BCUT2D eigenvalue weighted by molar-refractivity contribution is 7.92. The van der Waals surface area contributed by atoms with E-state index in [-0.39, 0.29) is 23.1 Å². The van der Waals surface area contributed by atoms with E-state index in [1.54, 1.807) is 29.2 Å². The van der Waals surface area contributed by atoms with Crippen LogP contribution in [-0.4, -0.2) is 33.4 Å². The first-order valence-electron chi connectivity index (χ1n) is 8.34. The number of carbonyl (C=O) groups excluding carboxylic acids is 2. The SMILES string of the molecule is CC(=O)N1CCOc2ccc(NS(=O)(=O)c3ccc4c(c3)CC(=O)N4)cc21. The third kappa shape index (κ3) is 3.21. The van der Waals surface area contributed by atoms with Crippen molar-refractivity contribution in [3.05, 3.63) is 42.0 Å². The molecule has 0 atom stereocenters. The lowest BCUT2D eigenvalue weighted by atomic mass is 10.2. The summed E-state index contributed by atoms with van der Waals surface area (Å²) in [6.07, 6.45) is 0.155. The monoisotopic (exact) mass is 387 g/mol. The largest absolute Gasteiger partial charge is 0.490 e. The number of hydrogen-bond acceptors (Lipinski definition) is 5. The molecule has 0 radical (unpaired) electrons. The van der Waals surface area contributed by atoms with Gasteiger partial charge in [-0.05, 0) is 42.0 Å². The Morgan fingerprint density at radius 1 is 1.22 bits per heavy atom. The molecule has 0 bridgehead atoms. The van der Waals surface area contributed by atoms with Gasteiger partial charge in [-0.1, -0.05) is 0 Å². The number of nitrogens with zero attached hydrogens (tertiary/aromatic N) is 1. The number of anilines is 3. The van der Waals surface area contributed by atoms with Gasteiger partial charge in [0.25, 0.3) is 10.0 Å². The van der Waals surface area contributed by atoms with Gasteiger partial charge in [0.15, 0.2) is 0 Å². The Morgan fingerprint density at radius 3 is 2.81 bits per heavy atom. The molecular weight excluding hydrogens is 370 g/mol. The number of sulfonamides is 1. The zero-order valence-corrected chi connectivity index (χ0v) is 15.3. The van der Waals surface area contributed by atoms with Crippen LogP contribution in [0.5, 0.6) is 5.75 Å². The second kappa shape index (κ2) is 6.27. The van der Waals surface area contributed by atoms with Crippen LogP contribution in [0.2, 0.25) is 0 Å². The van der Waals surface area contributed by atoms with E-state index in [9.17, 15) is 18.0 Å². The molecule has 0 unspecified atom stereocenters. The molecule has 27 heavy (non-hydrogen) atoms. The normalized spacial score (nSPS) is 15.4. The topological polar surface area (TPSA) is 105 Å². The molecule has 0 aliphatic carbocycles. The van der Waals surface area contributed by atoms with E-state index in [0.29, 0.717) is 41.5 Å². The Balaban J connectivity index is 1.64. The molecule has 2 aromatic carbocycles. The number of hydrogen-bond donors (Lipinski definition) is 2. The lowest BCUT2D eigenvalue weighted by Gasteiger charge is -2.29. The lowest BCUT2D eigenvalue weighted by Crippen LogP contribution is -2.36. The van der Waals surface area contributed by atoms with Crippen LogP contribution in [0.4, 0.5) is 17.1 Å². The predicted molar refractivity (Wildman–Crippen MR) is 99.5 cm³/mol. The molecule has 0 aromatic heterocycles. The molecule has 0 saturated heterocycles. The molecule has 2 N–H and O–H groups in total. The summed E-state index contributed by atoms with van der Waals surface area (Å²) in [5.74, 6) is 0.225. The maximum atomic E-state index is 12.7. The zero-order chi connectivity index (χ0) is 19.2. The quantitative estimate of drug-likeness (QED) is 0.835. The van der Waals surface area contributed by atoms with Crippen LogP contribution in [0.15, 0.2) is 41.3 Å². The third-order valence-electron chi connectivity index (χ3n) is 4.47. The van der Waals surface area contributed by atoms with E-state index in [0.717, 1.165) is 0 Å². The molecule has 0 fully saturated rings. The molecule has 0 saturated carbocycles. The minimum absolute atomic E-state index is 0.0649. The Hall–Kier alpha value is -3.07. The van der Waals surface area contributed by atoms with Crippen LogP contribution in [0, 0.1) is 0 Å². The highest BCUT2D eigenvalue weighted by Gasteiger charge is 2.24. The van der Waals surface area contributed by atoms with Crippen LogP contribution in [0.3, 0.4) is 0 Å². The molecule has 4 rings (SSSR count). The fraction of sp³-hybridized carbons (Fsp3) is 0.222. The van der Waals surface area contributed by atoms with Gasteiger partial charge in [0.05, 0.1) is 29.2 Å². The number of carbonyl (C=O) groups is 2. The van der Waals surface area contributed by atoms with E-state index >= 15 is 0 Å². The number of benzene rings is 2. The van der Waals surface area contributed by atoms with Gasteiger partial charge < -0.3 is 15.0 Å². The maximum Gasteiger partial charge on any atom is 0.261 e. The summed E-state index contributed by atoms with van der Waals surface area (Å²) in [7, 11) is -3.85. The van der Waals surface area contributed by atoms with Crippen molar-refractivity contribution in [2.75, 3.05) is 28.1 Å². The van der Waals surface area contributed by atoms with Crippen LogP contribution < -0.4 is 19.7 Å². The molecule has 2 heterocycles. The predicted octanol–water partition coefficient (Wildman–Crippen LogP) is 1.73. The van der Waals surface area contributed by atoms with Crippen molar-refractivity contribution >= 4 is 38.9 Å². The summed E-state index contributed by atoms with van der Waals surface area (Å²) in [6, 6.07) is 9.29. The van der Waals surface area contributed by atoms with Gasteiger partial charge in [-0.15, -0.1) is 0 Å². The lowest BCUT2D eigenvalue weighted by molar-refractivity contribution is -0.117. The summed E-state index contributed by atoms with van der Waals surface area (Å²) >= 11 is 0. The first-order valence-corrected chi connectivity index (χ1v) is 9.82. The van der Waals surface area contributed by atoms with Crippen LogP contribution >= 0.6 is 0 Å². The van der Waals surface area contributed by atoms with Crippen molar-refractivity contribution in [1.29, 1.82) is 0 Å². The molecule has 2 amide bonds. The van der Waals surface area contributed by atoms with Crippen molar-refractivity contribution in [3.63, 3.8) is 0 Å². The third-order valence-corrected chi connectivity index (χ3v) is 5.85. The van der Waals surface area contributed by atoms with Gasteiger partial charge >= 0.3 is 0 Å². The van der Waals surface area contributed by atoms with Crippen LogP contribution in [0.25, 0.3) is 0 Å². The highest BCUT2D eigenvalue weighted by Crippen LogP contribution is 2.35. The fourth-order valence-electron chi connectivity index (χ4n) is 3.20. The minimum Gasteiger partial charge on any atom is -0.490 e. The van der Waals surface area contributed by atoms with Crippen molar-refractivity contribution in [2.45, 2.75) is 18.2 Å². The Kier molecular flexibility index (Phi) is 4.03. The second-order valence-electron chi connectivity index (χ2n) is 6.35. The van der Waals surface area contributed by atoms with Gasteiger partial charge in [0.2, 0.25) is 11.8 Å². The van der Waals surface area contributed by atoms with Crippen molar-refractivity contribution in [1.82, 2.24) is 0 Å². The standard InChI is InChI=1S/C18H17N3O5S/c1-11(22)21-6-7-26-17-5-2-13(10-16(17)21)20-27(24,25)14-3-4-15-12(8-14)9-18(23)19-15/h2-5,8,10,20H,6-7,9H2,1H3,(H,19,23). The van der Waals surface area contributed by atoms with Crippen LogP contribution in [-0.2, 0) is 26.0 Å². The zero-order valence-electron chi connectivity index (χ0n) is 14.5. The first kappa shape index (κ1) is 17.3. The number of nitrogens with one attached hydrogen (secondary N) is 2. The molecule has 2 aromatic rings. The molecule has 140 valence electrons. The molecule has 2 aliphatic heterocycles. The second-order valence-corrected chi connectivity index (χ2v) is 8.03. The number of ether oxygens (including phenoxy) is 1. The van der Waals surface area contributed by atoms with Gasteiger partial charge in [-0.2, -0.15) is 0 Å². The van der Waals surface area contributed by atoms with E-state index in [2.05, 4.69) is 10.0 Å². The number of amides is 2. The summed E-state index contributed by atoms with van der Waals surface area (Å²) in [5, 5.41) is 2.67. The summed E-state index contributed by atoms with van der Waals surface area (Å²) < 4.78 is 33.5. The average Bonchev–Trinajstić information content (AvgIpc) is 2.99. The Labute approximate surface area is 156 Å². The Bertz CT molecular complexity index is 1060. The smallest absolute Gasteiger partial charge is 0.261 e. The van der Waals surface area contributed by atoms with Gasteiger partial charge in [0.1, 0.15) is 12.4 Å². The average molecular weight is 387 g/mol. The van der Waals surface area contributed by atoms with Crippen molar-refractivity contribution in [3.8, 4) is 5.75 Å². The first-order chi connectivity index (χ1) is 12.8. The number of rotatable bonds is 3. The van der Waals surface area contributed by atoms with Crippen molar-refractivity contribution < 1.29 is 22.7 Å². The number of fused-ring (bicyclic) bond motifs is 2. The van der Waals surface area contributed by atoms with Gasteiger partial charge in [-0.25, -0.2) is 8.42 Å². The van der Waals surface area contributed by atoms with Gasteiger partial charge in [0, 0.05) is 12.6 Å². The molecule has 2 aliphatic rings. The van der Waals surface area contributed by atoms with E-state index in [1.165, 1.54) is 19.1 Å². The van der Waals surface area contributed by atoms with Crippen molar-refractivity contribution in [2.24, 2.45) is 0 Å². The Morgan fingerprint density at radius 2 is 2.04 bits per heavy atom. The molecule has 8 nitrogen and oxygen atoms in total. The van der Waals surface area contributed by atoms with E-state index < -0.39 is 10.0 Å². The molecular formula is C18H17N3O5S. The molecule has 9 heteroatoms. The van der Waals surface area contributed by atoms with Gasteiger partial charge in [-0.3, -0.25) is 14.3 Å².